The van der Waals surface area contributed by atoms with Crippen molar-refractivity contribution in [2.75, 3.05) is 19.6 Å². The van der Waals surface area contributed by atoms with E-state index in [1.54, 1.807) is 4.90 Å². The summed E-state index contributed by atoms with van der Waals surface area (Å²) in [5.41, 5.74) is 5.02. The fraction of sp³-hybridized carbons (Fsp3) is 0.667. The summed E-state index contributed by atoms with van der Waals surface area (Å²) in [6.45, 7) is 1.35. The topological polar surface area (TPSA) is 75.4 Å². The molecular formula is C6H11N3O2S. The van der Waals surface area contributed by atoms with Crippen molar-refractivity contribution in [3.05, 3.63) is 0 Å². The Labute approximate surface area is 75.7 Å². The molecule has 0 radical (unpaired) electrons. The van der Waals surface area contributed by atoms with Crippen LogP contribution in [0, 0.1) is 0 Å². The molecule has 0 aliphatic carbocycles. The van der Waals surface area contributed by atoms with Gasteiger partial charge in [-0.05, 0) is 0 Å². The number of piperazine rings is 1. The van der Waals surface area contributed by atoms with Gasteiger partial charge in [-0.15, -0.1) is 0 Å². The molecule has 1 aliphatic heterocycles. The number of nitrogens with one attached hydrogen (secondary N) is 1. The third-order valence-electron chi connectivity index (χ3n) is 1.67. The highest BCUT2D eigenvalue weighted by Gasteiger charge is 2.24. The first-order chi connectivity index (χ1) is 5.61. The normalized spacial score (nSPS) is 21.6. The van der Waals surface area contributed by atoms with E-state index in [1.807, 2.05) is 0 Å². The third-order valence-corrected chi connectivity index (χ3v) is 2.25. The van der Waals surface area contributed by atoms with Crippen molar-refractivity contribution in [2.45, 2.75) is 5.37 Å². The minimum Gasteiger partial charge on any atom is -0.368 e. The van der Waals surface area contributed by atoms with Crippen LogP contribution >= 0.6 is 12.6 Å². The van der Waals surface area contributed by atoms with E-state index in [0.717, 1.165) is 0 Å². The van der Waals surface area contributed by atoms with E-state index in [0.29, 0.717) is 13.1 Å². The lowest BCUT2D eigenvalue weighted by Gasteiger charge is -2.29. The van der Waals surface area contributed by atoms with Crippen molar-refractivity contribution < 1.29 is 9.59 Å². The Balaban J connectivity index is 2.51. The summed E-state index contributed by atoms with van der Waals surface area (Å²) in [6, 6.07) is 0. The molecule has 68 valence electrons. The lowest BCUT2D eigenvalue weighted by molar-refractivity contribution is -0.126. The summed E-state index contributed by atoms with van der Waals surface area (Å²) in [5.74, 6) is -0.616. The Morgan fingerprint density at radius 3 is 2.92 bits per heavy atom. The van der Waals surface area contributed by atoms with E-state index in [9.17, 15) is 9.59 Å². The van der Waals surface area contributed by atoms with Gasteiger partial charge in [0, 0.05) is 13.1 Å². The Kier molecular flexibility index (Phi) is 2.93. The molecule has 0 aromatic rings. The molecule has 0 saturated carbocycles. The zero-order valence-corrected chi connectivity index (χ0v) is 7.38. The molecule has 0 aromatic heterocycles. The van der Waals surface area contributed by atoms with Crippen LogP contribution in [0.1, 0.15) is 0 Å². The second-order valence-electron chi connectivity index (χ2n) is 2.60. The maximum atomic E-state index is 10.9. The maximum absolute atomic E-state index is 10.9. The summed E-state index contributed by atoms with van der Waals surface area (Å²) >= 11 is 3.98. The lowest BCUT2D eigenvalue weighted by atomic mass is 10.3. The molecule has 1 unspecified atom stereocenters. The molecule has 1 atom stereocenters. The van der Waals surface area contributed by atoms with Crippen LogP contribution in [0.4, 0.5) is 0 Å². The molecule has 3 N–H and O–H groups in total. The van der Waals surface area contributed by atoms with Crippen LogP contribution in [0.25, 0.3) is 0 Å². The Bertz CT molecular complexity index is 207. The maximum Gasteiger partial charge on any atom is 0.244 e. The van der Waals surface area contributed by atoms with E-state index in [4.69, 9.17) is 5.73 Å². The summed E-state index contributed by atoms with van der Waals surface area (Å²) in [7, 11) is 0. The number of carbonyl (C=O) groups excluding carboxylic acids is 2. The average Bonchev–Trinajstić information content (AvgIpc) is 2.03. The van der Waals surface area contributed by atoms with Crippen LogP contribution < -0.4 is 11.1 Å². The molecule has 1 saturated heterocycles. The van der Waals surface area contributed by atoms with Crippen molar-refractivity contribution >= 4 is 24.4 Å². The molecule has 0 spiro atoms. The van der Waals surface area contributed by atoms with Crippen molar-refractivity contribution in [3.63, 3.8) is 0 Å². The van der Waals surface area contributed by atoms with Gasteiger partial charge in [0.2, 0.25) is 11.8 Å². The fourth-order valence-electron chi connectivity index (χ4n) is 1.05. The monoisotopic (exact) mass is 189 g/mol. The number of amides is 2. The molecule has 0 bridgehead atoms. The largest absolute Gasteiger partial charge is 0.368 e. The van der Waals surface area contributed by atoms with Crippen LogP contribution in [0.3, 0.4) is 0 Å². The van der Waals surface area contributed by atoms with Crippen LogP contribution in [0.2, 0.25) is 0 Å². The number of nitrogens with zero attached hydrogens (tertiary/aromatic N) is 1. The molecule has 1 rings (SSSR count). The van der Waals surface area contributed by atoms with Gasteiger partial charge in [-0.1, -0.05) is 0 Å². The molecule has 6 heteroatoms. The minimum absolute atomic E-state index is 0.0958. The highest BCUT2D eigenvalue weighted by atomic mass is 32.1. The summed E-state index contributed by atoms with van der Waals surface area (Å²) in [4.78, 5) is 23.2. The standard InChI is InChI=1S/C6H11N3O2S/c7-5(11)6(12)9-2-1-8-4(10)3-9/h6,12H,1-3H2,(H2,7,11)(H,8,10). The number of hydrogen-bond acceptors (Lipinski definition) is 4. The molecule has 1 fully saturated rings. The van der Waals surface area contributed by atoms with Crippen molar-refractivity contribution in [1.82, 2.24) is 10.2 Å². The van der Waals surface area contributed by atoms with E-state index in [-0.39, 0.29) is 12.5 Å². The van der Waals surface area contributed by atoms with E-state index in [1.165, 1.54) is 0 Å². The first kappa shape index (κ1) is 9.34. The van der Waals surface area contributed by atoms with Gasteiger partial charge in [-0.25, -0.2) is 0 Å². The molecule has 0 aromatic carbocycles. The second kappa shape index (κ2) is 3.77. The Hall–Kier alpha value is -0.750. The fourth-order valence-corrected chi connectivity index (χ4v) is 1.24. The predicted molar refractivity (Wildman–Crippen MR) is 46.6 cm³/mol. The van der Waals surface area contributed by atoms with Gasteiger partial charge in [0.15, 0.2) is 0 Å². The summed E-state index contributed by atoms with van der Waals surface area (Å²) in [5, 5.41) is 1.98. The first-order valence-electron chi connectivity index (χ1n) is 3.59. The highest BCUT2D eigenvalue weighted by Crippen LogP contribution is 2.04. The van der Waals surface area contributed by atoms with Gasteiger partial charge in [-0.3, -0.25) is 14.5 Å². The van der Waals surface area contributed by atoms with Gasteiger partial charge in [-0.2, -0.15) is 12.6 Å². The zero-order valence-electron chi connectivity index (χ0n) is 6.49. The quantitative estimate of drug-likeness (QED) is 0.447. The first-order valence-corrected chi connectivity index (χ1v) is 4.11. The lowest BCUT2D eigenvalue weighted by Crippen LogP contribution is -2.53. The predicted octanol–water partition coefficient (Wildman–Crippen LogP) is -1.84. The smallest absolute Gasteiger partial charge is 0.244 e. The number of carbonyl (C=O) groups is 2. The minimum atomic E-state index is -0.656. The number of hydrogen-bond donors (Lipinski definition) is 3. The van der Waals surface area contributed by atoms with E-state index >= 15 is 0 Å². The van der Waals surface area contributed by atoms with Crippen molar-refractivity contribution in [1.29, 1.82) is 0 Å². The van der Waals surface area contributed by atoms with Crippen LogP contribution in [-0.2, 0) is 9.59 Å². The molecule has 12 heavy (non-hydrogen) atoms. The molecule has 1 aliphatic rings. The number of thiol groups is 1. The molecular weight excluding hydrogens is 178 g/mol. The van der Waals surface area contributed by atoms with Crippen LogP contribution in [0.15, 0.2) is 0 Å². The molecule has 1 heterocycles. The number of rotatable bonds is 2. The third kappa shape index (κ3) is 2.12. The second-order valence-corrected chi connectivity index (χ2v) is 3.09. The van der Waals surface area contributed by atoms with Gasteiger partial charge in [0.25, 0.3) is 0 Å². The van der Waals surface area contributed by atoms with E-state index < -0.39 is 11.3 Å². The number of primary amides is 1. The SMILES string of the molecule is NC(=O)C(S)N1CCNC(=O)C1. The Morgan fingerprint density at radius 1 is 1.75 bits per heavy atom. The Morgan fingerprint density at radius 2 is 2.42 bits per heavy atom. The van der Waals surface area contributed by atoms with Gasteiger partial charge >= 0.3 is 0 Å². The van der Waals surface area contributed by atoms with Crippen LogP contribution in [-0.4, -0.2) is 41.7 Å². The average molecular weight is 189 g/mol. The molecule has 2 amide bonds. The van der Waals surface area contributed by atoms with Gasteiger partial charge in [0.1, 0.15) is 5.37 Å². The van der Waals surface area contributed by atoms with Crippen LogP contribution in [0.5, 0.6) is 0 Å². The van der Waals surface area contributed by atoms with E-state index in [2.05, 4.69) is 17.9 Å². The summed E-state index contributed by atoms with van der Waals surface area (Å²) < 4.78 is 0. The molecule has 5 nitrogen and oxygen atoms in total. The highest BCUT2D eigenvalue weighted by molar-refractivity contribution is 7.81. The number of nitrogens with two attached hydrogens (primary N) is 1. The van der Waals surface area contributed by atoms with Gasteiger partial charge < -0.3 is 11.1 Å². The zero-order chi connectivity index (χ0) is 9.14. The van der Waals surface area contributed by atoms with Gasteiger partial charge in [0.05, 0.1) is 6.54 Å². The van der Waals surface area contributed by atoms with Crippen molar-refractivity contribution in [3.8, 4) is 0 Å². The summed E-state index contributed by atoms with van der Waals surface area (Å²) in [6.07, 6.45) is 0. The van der Waals surface area contributed by atoms with Crippen molar-refractivity contribution in [2.24, 2.45) is 5.73 Å².